The SMILES string of the molecule is [2H]C([2H])([2H])OC(=O)C([2H])(C)C([2H])([2H])C. The van der Waals surface area contributed by atoms with Gasteiger partial charge in [0.05, 0.1) is 17.0 Å². The molecule has 0 spiro atoms. The van der Waals surface area contributed by atoms with Gasteiger partial charge in [0.2, 0.25) is 0 Å². The third-order valence-corrected chi connectivity index (χ3v) is 0.774. The summed E-state index contributed by atoms with van der Waals surface area (Å²) in [6.45, 7) is 1.99. The number of carbonyl (C=O) groups excluding carboxylic acids is 1. The molecule has 48 valence electrons. The Bertz CT molecular complexity index is 225. The lowest BCUT2D eigenvalue weighted by atomic mass is 10.1. The van der Waals surface area contributed by atoms with E-state index in [1.165, 1.54) is 0 Å². The fourth-order valence-electron chi connectivity index (χ4n) is 0.179. The van der Waals surface area contributed by atoms with Crippen LogP contribution in [0.1, 0.15) is 28.4 Å². The molecule has 1 atom stereocenters. The van der Waals surface area contributed by atoms with Crippen molar-refractivity contribution in [1.82, 2.24) is 0 Å². The van der Waals surface area contributed by atoms with Crippen LogP contribution in [-0.4, -0.2) is 13.0 Å². The zero-order valence-corrected chi connectivity index (χ0v) is 4.82. The highest BCUT2D eigenvalue weighted by Gasteiger charge is 2.08. The molecule has 0 heterocycles. The van der Waals surface area contributed by atoms with Gasteiger partial charge >= 0.3 is 5.97 Å². The fraction of sp³-hybridized carbons (Fsp3) is 0.833. The van der Waals surface area contributed by atoms with Crippen LogP contribution < -0.4 is 0 Å². The summed E-state index contributed by atoms with van der Waals surface area (Å²) in [5.74, 6) is -3.63. The highest BCUT2D eigenvalue weighted by Crippen LogP contribution is 2.00. The average molecular weight is 122 g/mol. The fourth-order valence-corrected chi connectivity index (χ4v) is 0.179. The van der Waals surface area contributed by atoms with Gasteiger partial charge in [-0.2, -0.15) is 0 Å². The minimum Gasteiger partial charge on any atom is -0.469 e. The van der Waals surface area contributed by atoms with Crippen LogP contribution in [0.2, 0.25) is 0 Å². The van der Waals surface area contributed by atoms with E-state index in [0.717, 1.165) is 13.8 Å². The molecule has 0 rings (SSSR count). The first-order valence-corrected chi connectivity index (χ1v) is 2.11. The summed E-state index contributed by atoms with van der Waals surface area (Å²) in [6.07, 6.45) is -2.17. The number of rotatable bonds is 2. The molecule has 0 bridgehead atoms. The summed E-state index contributed by atoms with van der Waals surface area (Å²) in [5, 5.41) is 0. The van der Waals surface area contributed by atoms with Gasteiger partial charge in [0, 0.05) is 4.11 Å². The van der Waals surface area contributed by atoms with Crippen LogP contribution >= 0.6 is 0 Å². The summed E-state index contributed by atoms with van der Waals surface area (Å²) in [6, 6.07) is 0. The molecule has 2 nitrogen and oxygen atoms in total. The van der Waals surface area contributed by atoms with Gasteiger partial charge in [-0.1, -0.05) is 13.8 Å². The Hall–Kier alpha value is -0.530. The third kappa shape index (κ3) is 1.96. The molecule has 0 saturated heterocycles. The van der Waals surface area contributed by atoms with Crippen LogP contribution in [-0.2, 0) is 9.53 Å². The lowest BCUT2D eigenvalue weighted by Gasteiger charge is -2.02. The molecule has 0 radical (unpaired) electrons. The van der Waals surface area contributed by atoms with Gasteiger partial charge in [0.25, 0.3) is 0 Å². The van der Waals surface area contributed by atoms with Gasteiger partial charge in [-0.05, 0) is 6.37 Å². The van der Waals surface area contributed by atoms with E-state index in [1.54, 1.807) is 0 Å². The van der Waals surface area contributed by atoms with Crippen LogP contribution in [0.15, 0.2) is 0 Å². The first kappa shape index (κ1) is 2.01. The molecule has 2 heteroatoms. The number of carbonyl (C=O) groups is 1. The third-order valence-electron chi connectivity index (χ3n) is 0.774. The van der Waals surface area contributed by atoms with E-state index in [-0.39, 0.29) is 0 Å². The second-order valence-electron chi connectivity index (χ2n) is 1.26. The van der Waals surface area contributed by atoms with Crippen LogP contribution in [0.3, 0.4) is 0 Å². The molecule has 0 aromatic carbocycles. The zero-order chi connectivity index (χ0) is 11.8. The van der Waals surface area contributed by atoms with Crippen molar-refractivity contribution < 1.29 is 17.8 Å². The van der Waals surface area contributed by atoms with E-state index < -0.39 is 25.3 Å². The number of ether oxygens (including phenoxy) is 1. The summed E-state index contributed by atoms with van der Waals surface area (Å²) >= 11 is 0. The normalized spacial score (nSPS) is 31.2. The molecule has 1 unspecified atom stereocenters. The maximum Gasteiger partial charge on any atom is 0.308 e. The number of hydrogen-bond acceptors (Lipinski definition) is 2. The van der Waals surface area contributed by atoms with Crippen molar-refractivity contribution >= 4 is 5.97 Å². The Morgan fingerprint density at radius 3 is 3.25 bits per heavy atom. The van der Waals surface area contributed by atoms with E-state index in [0.29, 0.717) is 0 Å². The lowest BCUT2D eigenvalue weighted by molar-refractivity contribution is -0.144. The molecule has 0 N–H and O–H groups in total. The highest BCUT2D eigenvalue weighted by molar-refractivity contribution is 5.71. The Balaban J connectivity index is 4.70. The largest absolute Gasteiger partial charge is 0.469 e. The maximum absolute atomic E-state index is 11.1. The van der Waals surface area contributed by atoms with Crippen molar-refractivity contribution in [1.29, 1.82) is 0 Å². The number of methoxy groups -OCH3 is 1. The van der Waals surface area contributed by atoms with Crippen molar-refractivity contribution in [2.75, 3.05) is 7.04 Å². The Kier molecular flexibility index (Phi) is 0.872. The van der Waals surface area contributed by atoms with Crippen molar-refractivity contribution in [2.24, 2.45) is 5.89 Å². The van der Waals surface area contributed by atoms with E-state index in [9.17, 15) is 4.79 Å². The molecule has 0 aliphatic heterocycles. The van der Waals surface area contributed by atoms with Gasteiger partial charge in [-0.25, -0.2) is 0 Å². The predicted octanol–water partition coefficient (Wildman–Crippen LogP) is 1.21. The molecule has 0 fully saturated rings. The zero-order valence-electron chi connectivity index (χ0n) is 10.8. The highest BCUT2D eigenvalue weighted by atomic mass is 16.5. The van der Waals surface area contributed by atoms with E-state index >= 15 is 0 Å². The second kappa shape index (κ2) is 3.47. The van der Waals surface area contributed by atoms with Crippen LogP contribution in [0.4, 0.5) is 0 Å². The minimum absolute atomic E-state index is 0.973. The summed E-state index contributed by atoms with van der Waals surface area (Å²) in [7, 11) is -2.94. The Labute approximate surface area is 58.3 Å². The quantitative estimate of drug-likeness (QED) is 0.514. The van der Waals surface area contributed by atoms with Gasteiger partial charge in [-0.3, -0.25) is 4.79 Å². The summed E-state index contributed by atoms with van der Waals surface area (Å²) < 4.78 is 45.6. The van der Waals surface area contributed by atoms with Crippen molar-refractivity contribution in [2.45, 2.75) is 20.2 Å². The van der Waals surface area contributed by atoms with Crippen molar-refractivity contribution in [3.8, 4) is 0 Å². The molecule has 0 aliphatic carbocycles. The molecular formula is C6H12O2. The maximum atomic E-state index is 11.1. The standard InChI is InChI=1S/C6H12O2/c1-4-5(2)6(7)8-3/h5H,4H2,1-3H3/i3D3,4D2,5D. The lowest BCUT2D eigenvalue weighted by Crippen LogP contribution is -2.10. The van der Waals surface area contributed by atoms with Crippen LogP contribution in [0.5, 0.6) is 0 Å². The monoisotopic (exact) mass is 122 g/mol. The van der Waals surface area contributed by atoms with E-state index in [1.807, 2.05) is 0 Å². The van der Waals surface area contributed by atoms with Gasteiger partial charge in [0.1, 0.15) is 0 Å². The molecule has 0 aliphatic rings. The smallest absolute Gasteiger partial charge is 0.308 e. The predicted molar refractivity (Wildman–Crippen MR) is 31.5 cm³/mol. The minimum atomic E-state index is -2.94. The molecule has 0 saturated carbocycles. The van der Waals surface area contributed by atoms with Gasteiger partial charge < -0.3 is 4.74 Å². The summed E-state index contributed by atoms with van der Waals surface area (Å²) in [4.78, 5) is 11.1. The first-order valence-electron chi connectivity index (χ1n) is 5.11. The topological polar surface area (TPSA) is 26.3 Å². The van der Waals surface area contributed by atoms with E-state index in [2.05, 4.69) is 4.74 Å². The molecule has 0 aromatic heterocycles. The van der Waals surface area contributed by atoms with Gasteiger partial charge in [0.15, 0.2) is 0 Å². The Morgan fingerprint density at radius 1 is 2.25 bits per heavy atom. The molecule has 0 aromatic rings. The number of esters is 1. The number of hydrogen-bond donors (Lipinski definition) is 0. The van der Waals surface area contributed by atoms with Crippen LogP contribution in [0, 0.1) is 5.89 Å². The van der Waals surface area contributed by atoms with Crippen molar-refractivity contribution in [3.05, 3.63) is 0 Å². The summed E-state index contributed by atoms with van der Waals surface area (Å²) in [5.41, 5.74) is 0. The van der Waals surface area contributed by atoms with Crippen LogP contribution in [0.25, 0.3) is 0 Å². The van der Waals surface area contributed by atoms with Gasteiger partial charge in [-0.15, -0.1) is 0 Å². The average Bonchev–Trinajstić information content (AvgIpc) is 1.80. The van der Waals surface area contributed by atoms with E-state index in [4.69, 9.17) is 8.22 Å². The first-order chi connectivity index (χ1) is 5.88. The van der Waals surface area contributed by atoms with Crippen molar-refractivity contribution in [3.63, 3.8) is 0 Å². The Morgan fingerprint density at radius 2 is 2.88 bits per heavy atom. The molecule has 0 amide bonds. The molecule has 8 heavy (non-hydrogen) atoms. The second-order valence-corrected chi connectivity index (χ2v) is 1.26. The molecular weight excluding hydrogens is 104 g/mol.